The number of amides is 1. The van der Waals surface area contributed by atoms with Gasteiger partial charge in [0.05, 0.1) is 17.8 Å². The first kappa shape index (κ1) is 10.6. The fourth-order valence-electron chi connectivity index (χ4n) is 1.45. The second kappa shape index (κ2) is 3.04. The van der Waals surface area contributed by atoms with Gasteiger partial charge in [-0.2, -0.15) is 13.2 Å². The molecular formula is C7H6F3N5O. The van der Waals surface area contributed by atoms with Crippen LogP contribution >= 0.6 is 0 Å². The molecule has 9 heteroatoms. The summed E-state index contributed by atoms with van der Waals surface area (Å²) in [5.41, 5.74) is 3.06. The van der Waals surface area contributed by atoms with E-state index in [1.807, 2.05) is 0 Å². The van der Waals surface area contributed by atoms with Crippen molar-refractivity contribution < 1.29 is 18.0 Å². The maximum Gasteiger partial charge on any atom is 0.434 e. The van der Waals surface area contributed by atoms with E-state index in [9.17, 15) is 18.0 Å². The quantitative estimate of drug-likeness (QED) is 0.482. The van der Waals surface area contributed by atoms with Crippen molar-refractivity contribution in [3.8, 4) is 0 Å². The molecule has 0 spiro atoms. The van der Waals surface area contributed by atoms with Gasteiger partial charge in [0.15, 0.2) is 5.69 Å². The average Bonchev–Trinajstić information content (AvgIpc) is 2.39. The monoisotopic (exact) mass is 233 g/mol. The predicted octanol–water partition coefficient (Wildman–Crippen LogP) is -0.0929. The molecule has 6 nitrogen and oxygen atoms in total. The molecule has 1 aliphatic heterocycles. The number of nitrogens with two attached hydrogens (primary N) is 2. The lowest BCUT2D eigenvalue weighted by atomic mass is 10.2. The van der Waals surface area contributed by atoms with Crippen LogP contribution in [0, 0.1) is 0 Å². The van der Waals surface area contributed by atoms with Gasteiger partial charge in [-0.05, 0) is 0 Å². The highest BCUT2D eigenvalue weighted by Crippen LogP contribution is 2.34. The van der Waals surface area contributed by atoms with Gasteiger partial charge in [-0.25, -0.2) is 15.8 Å². The molecule has 0 saturated heterocycles. The Morgan fingerprint density at radius 2 is 1.94 bits per heavy atom. The van der Waals surface area contributed by atoms with E-state index < -0.39 is 29.3 Å². The molecule has 0 bridgehead atoms. The SMILES string of the molecule is Nc1nc2c(c(C(F)(F)F)n1)C(=O)N(N)C2. The zero-order chi connectivity index (χ0) is 12.1. The first-order chi connectivity index (χ1) is 7.30. The third-order valence-corrected chi connectivity index (χ3v) is 2.06. The molecule has 4 N–H and O–H groups in total. The van der Waals surface area contributed by atoms with Crippen molar-refractivity contribution in [2.24, 2.45) is 5.84 Å². The van der Waals surface area contributed by atoms with E-state index in [1.165, 1.54) is 0 Å². The van der Waals surface area contributed by atoms with Crippen molar-refractivity contribution in [2.75, 3.05) is 5.73 Å². The van der Waals surface area contributed by atoms with Crippen molar-refractivity contribution in [3.05, 3.63) is 17.0 Å². The summed E-state index contributed by atoms with van der Waals surface area (Å²) < 4.78 is 37.7. The molecule has 0 radical (unpaired) electrons. The number of halogens is 3. The topological polar surface area (TPSA) is 98.1 Å². The Kier molecular flexibility index (Phi) is 2.02. The number of hydrogen-bond acceptors (Lipinski definition) is 5. The molecule has 86 valence electrons. The van der Waals surface area contributed by atoms with Crippen LogP contribution in [-0.4, -0.2) is 20.9 Å². The van der Waals surface area contributed by atoms with Gasteiger partial charge in [0.25, 0.3) is 5.91 Å². The van der Waals surface area contributed by atoms with Gasteiger partial charge in [-0.1, -0.05) is 0 Å². The van der Waals surface area contributed by atoms with Crippen molar-refractivity contribution in [1.82, 2.24) is 15.0 Å². The first-order valence-electron chi connectivity index (χ1n) is 4.11. The summed E-state index contributed by atoms with van der Waals surface area (Å²) in [6.07, 6.45) is -4.76. The maximum absolute atomic E-state index is 12.6. The van der Waals surface area contributed by atoms with Gasteiger partial charge in [0.2, 0.25) is 5.95 Å². The highest BCUT2D eigenvalue weighted by Gasteiger charge is 2.43. The Labute approximate surface area is 87.0 Å². The van der Waals surface area contributed by atoms with Crippen molar-refractivity contribution in [2.45, 2.75) is 12.7 Å². The molecule has 2 heterocycles. The third-order valence-electron chi connectivity index (χ3n) is 2.06. The summed E-state index contributed by atoms with van der Waals surface area (Å²) in [5, 5.41) is 0.633. The van der Waals surface area contributed by atoms with Crippen molar-refractivity contribution in [1.29, 1.82) is 0 Å². The number of carbonyl (C=O) groups is 1. The largest absolute Gasteiger partial charge is 0.434 e. The molecule has 2 rings (SSSR count). The standard InChI is InChI=1S/C7H6F3N5O/c8-7(9,10)4-3-2(13-6(11)14-4)1-15(12)5(3)16/h1,12H2,(H2,11,13,14). The number of hydrogen-bond donors (Lipinski definition) is 2. The van der Waals surface area contributed by atoms with Crippen LogP contribution in [0.25, 0.3) is 0 Å². The highest BCUT2D eigenvalue weighted by molar-refractivity contribution is 5.98. The fourth-order valence-corrected chi connectivity index (χ4v) is 1.45. The molecule has 0 aliphatic carbocycles. The first-order valence-corrected chi connectivity index (χ1v) is 4.11. The van der Waals surface area contributed by atoms with Crippen molar-refractivity contribution in [3.63, 3.8) is 0 Å². The van der Waals surface area contributed by atoms with Crippen LogP contribution < -0.4 is 11.6 Å². The van der Waals surface area contributed by atoms with E-state index in [0.717, 1.165) is 0 Å². The number of alkyl halides is 3. The van der Waals surface area contributed by atoms with E-state index >= 15 is 0 Å². The molecule has 0 unspecified atom stereocenters. The van der Waals surface area contributed by atoms with Gasteiger partial charge in [0, 0.05) is 0 Å². The minimum Gasteiger partial charge on any atom is -0.368 e. The minimum atomic E-state index is -4.76. The van der Waals surface area contributed by atoms with Crippen LogP contribution in [0.1, 0.15) is 21.7 Å². The molecule has 1 aromatic rings. The minimum absolute atomic E-state index is 0.104. The Hall–Kier alpha value is -1.90. The molecule has 1 aromatic heterocycles. The van der Waals surface area contributed by atoms with Crippen LogP contribution in [0.15, 0.2) is 0 Å². The van der Waals surface area contributed by atoms with E-state index in [-0.39, 0.29) is 12.2 Å². The summed E-state index contributed by atoms with van der Waals surface area (Å²) in [6.45, 7) is -0.204. The van der Waals surface area contributed by atoms with Gasteiger partial charge in [-0.3, -0.25) is 9.80 Å². The lowest BCUT2D eigenvalue weighted by Crippen LogP contribution is -2.31. The van der Waals surface area contributed by atoms with E-state index in [2.05, 4.69) is 9.97 Å². The van der Waals surface area contributed by atoms with Gasteiger partial charge >= 0.3 is 6.18 Å². The molecule has 0 aromatic carbocycles. The summed E-state index contributed by atoms with van der Waals surface area (Å²) in [6, 6.07) is 0. The molecule has 1 aliphatic rings. The molecule has 0 saturated carbocycles. The average molecular weight is 233 g/mol. The van der Waals surface area contributed by atoms with Crippen LogP contribution in [-0.2, 0) is 12.7 Å². The lowest BCUT2D eigenvalue weighted by Gasteiger charge is -2.09. The van der Waals surface area contributed by atoms with Gasteiger partial charge < -0.3 is 5.73 Å². The van der Waals surface area contributed by atoms with Crippen LogP contribution in [0.5, 0.6) is 0 Å². The third kappa shape index (κ3) is 1.45. The number of nitrogens with zero attached hydrogens (tertiary/aromatic N) is 3. The number of carbonyl (C=O) groups excluding carboxylic acids is 1. The van der Waals surface area contributed by atoms with Crippen molar-refractivity contribution >= 4 is 11.9 Å². The number of hydrazine groups is 1. The summed E-state index contributed by atoms with van der Waals surface area (Å²) in [4.78, 5) is 17.9. The fraction of sp³-hybridized carbons (Fsp3) is 0.286. The molecule has 1 amide bonds. The zero-order valence-corrected chi connectivity index (χ0v) is 7.75. The molecule has 0 fully saturated rings. The second-order valence-electron chi connectivity index (χ2n) is 3.18. The number of anilines is 1. The normalized spacial score (nSPS) is 15.5. The molecule has 16 heavy (non-hydrogen) atoms. The zero-order valence-electron chi connectivity index (χ0n) is 7.75. The number of aromatic nitrogens is 2. The van der Waals surface area contributed by atoms with Gasteiger partial charge in [-0.15, -0.1) is 0 Å². The van der Waals surface area contributed by atoms with Crippen LogP contribution in [0.4, 0.5) is 19.1 Å². The summed E-state index contributed by atoms with van der Waals surface area (Å²) in [5.74, 6) is 3.71. The maximum atomic E-state index is 12.6. The Morgan fingerprint density at radius 3 is 2.50 bits per heavy atom. The number of rotatable bonds is 0. The Morgan fingerprint density at radius 1 is 1.31 bits per heavy atom. The Bertz CT molecular complexity index is 472. The number of fused-ring (bicyclic) bond motifs is 1. The molecule has 0 atom stereocenters. The predicted molar refractivity (Wildman–Crippen MR) is 45.5 cm³/mol. The number of nitrogen functional groups attached to an aromatic ring is 1. The highest BCUT2D eigenvalue weighted by atomic mass is 19.4. The smallest absolute Gasteiger partial charge is 0.368 e. The lowest BCUT2D eigenvalue weighted by molar-refractivity contribution is -0.141. The second-order valence-corrected chi connectivity index (χ2v) is 3.18. The Balaban J connectivity index is 2.69. The van der Waals surface area contributed by atoms with E-state index in [4.69, 9.17) is 11.6 Å². The van der Waals surface area contributed by atoms with E-state index in [0.29, 0.717) is 5.01 Å². The summed E-state index contributed by atoms with van der Waals surface area (Å²) in [7, 11) is 0. The molecular weight excluding hydrogens is 227 g/mol. The van der Waals surface area contributed by atoms with Gasteiger partial charge in [0.1, 0.15) is 0 Å². The van der Waals surface area contributed by atoms with E-state index in [1.54, 1.807) is 0 Å². The van der Waals surface area contributed by atoms with Crippen LogP contribution in [0.3, 0.4) is 0 Å². The summed E-state index contributed by atoms with van der Waals surface area (Å²) >= 11 is 0. The van der Waals surface area contributed by atoms with Crippen LogP contribution in [0.2, 0.25) is 0 Å².